The van der Waals surface area contributed by atoms with Crippen LogP contribution in [0.1, 0.15) is 15.9 Å². The molecule has 0 spiro atoms. The molecule has 2 aromatic rings. The second-order valence-electron chi connectivity index (χ2n) is 4.06. The molecule has 20 heavy (non-hydrogen) atoms. The van der Waals surface area contributed by atoms with Gasteiger partial charge in [-0.25, -0.2) is 0 Å². The third-order valence-corrected chi connectivity index (χ3v) is 3.43. The van der Waals surface area contributed by atoms with Gasteiger partial charge in [0.15, 0.2) is 5.78 Å². The van der Waals surface area contributed by atoms with Gasteiger partial charge in [0, 0.05) is 21.2 Å². The van der Waals surface area contributed by atoms with Gasteiger partial charge in [-0.2, -0.15) is 0 Å². The highest BCUT2D eigenvalue weighted by Crippen LogP contribution is 2.25. The summed E-state index contributed by atoms with van der Waals surface area (Å²) in [4.78, 5) is 12.0. The first-order valence-corrected chi connectivity index (χ1v) is 6.68. The van der Waals surface area contributed by atoms with Crippen molar-refractivity contribution in [2.45, 2.75) is 0 Å². The van der Waals surface area contributed by atoms with Crippen molar-refractivity contribution in [2.75, 3.05) is 7.11 Å². The van der Waals surface area contributed by atoms with Crippen LogP contribution in [0.25, 0.3) is 6.08 Å². The van der Waals surface area contributed by atoms with Gasteiger partial charge >= 0.3 is 0 Å². The lowest BCUT2D eigenvalue weighted by Gasteiger charge is -2.02. The summed E-state index contributed by atoms with van der Waals surface area (Å²) in [5, 5.41) is 1.02. The number of methoxy groups -OCH3 is 1. The summed E-state index contributed by atoms with van der Waals surface area (Å²) in [6.45, 7) is 0. The van der Waals surface area contributed by atoms with Crippen LogP contribution in [-0.2, 0) is 0 Å². The standard InChI is InChI=1S/C16H12Cl2O2/c1-20-12-7-5-11(6-8-12)16(19)10-9-13-14(17)3-2-4-15(13)18/h2-10H,1H3. The second kappa shape index (κ2) is 6.60. The normalized spacial score (nSPS) is 10.8. The van der Waals surface area contributed by atoms with E-state index in [4.69, 9.17) is 27.9 Å². The van der Waals surface area contributed by atoms with Crippen molar-refractivity contribution in [3.8, 4) is 5.75 Å². The minimum Gasteiger partial charge on any atom is -0.497 e. The van der Waals surface area contributed by atoms with Crippen molar-refractivity contribution in [2.24, 2.45) is 0 Å². The monoisotopic (exact) mass is 306 g/mol. The molecule has 0 amide bonds. The summed E-state index contributed by atoms with van der Waals surface area (Å²) in [6.07, 6.45) is 3.08. The first kappa shape index (κ1) is 14.6. The van der Waals surface area contributed by atoms with E-state index in [2.05, 4.69) is 0 Å². The van der Waals surface area contributed by atoms with E-state index in [-0.39, 0.29) is 5.78 Å². The zero-order chi connectivity index (χ0) is 14.5. The number of carbonyl (C=O) groups is 1. The molecule has 0 aromatic heterocycles. The molecule has 102 valence electrons. The van der Waals surface area contributed by atoms with Gasteiger partial charge < -0.3 is 4.74 Å². The van der Waals surface area contributed by atoms with Crippen LogP contribution >= 0.6 is 23.2 Å². The molecule has 0 aliphatic heterocycles. The average Bonchev–Trinajstić information content (AvgIpc) is 2.46. The van der Waals surface area contributed by atoms with E-state index in [1.54, 1.807) is 55.7 Å². The van der Waals surface area contributed by atoms with E-state index >= 15 is 0 Å². The minimum atomic E-state index is -0.122. The molecule has 0 N–H and O–H groups in total. The topological polar surface area (TPSA) is 26.3 Å². The third-order valence-electron chi connectivity index (χ3n) is 2.78. The molecule has 0 fully saturated rings. The number of hydrogen-bond donors (Lipinski definition) is 0. The Morgan fingerprint density at radius 3 is 2.20 bits per heavy atom. The molecule has 4 heteroatoms. The van der Waals surface area contributed by atoms with Crippen LogP contribution in [0, 0.1) is 0 Å². The SMILES string of the molecule is COc1ccc(C(=O)C=Cc2c(Cl)cccc2Cl)cc1. The van der Waals surface area contributed by atoms with E-state index in [1.165, 1.54) is 6.08 Å². The Balaban J connectivity index is 2.20. The molecule has 0 aliphatic carbocycles. The second-order valence-corrected chi connectivity index (χ2v) is 4.88. The summed E-state index contributed by atoms with van der Waals surface area (Å²) in [6, 6.07) is 12.1. The van der Waals surface area contributed by atoms with Crippen LogP contribution in [0.15, 0.2) is 48.5 Å². The molecule has 0 saturated carbocycles. The van der Waals surface area contributed by atoms with Gasteiger partial charge in [0.05, 0.1) is 7.11 Å². The van der Waals surface area contributed by atoms with Crippen molar-refractivity contribution in [3.63, 3.8) is 0 Å². The van der Waals surface area contributed by atoms with Crippen molar-refractivity contribution in [3.05, 3.63) is 69.7 Å². The number of ketones is 1. The summed E-state index contributed by atoms with van der Waals surface area (Å²) in [5.74, 6) is 0.586. The fourth-order valence-electron chi connectivity index (χ4n) is 1.68. The summed E-state index contributed by atoms with van der Waals surface area (Å²) < 4.78 is 5.05. The van der Waals surface area contributed by atoms with E-state index in [1.807, 2.05) is 0 Å². The first-order chi connectivity index (χ1) is 9.61. The molecule has 2 rings (SSSR count). The number of carbonyl (C=O) groups excluding carboxylic acids is 1. The van der Waals surface area contributed by atoms with Crippen LogP contribution in [0.2, 0.25) is 10.0 Å². The van der Waals surface area contributed by atoms with Crippen molar-refractivity contribution in [1.82, 2.24) is 0 Å². The van der Waals surface area contributed by atoms with Crippen LogP contribution in [0.4, 0.5) is 0 Å². The Labute approximate surface area is 127 Å². The summed E-state index contributed by atoms with van der Waals surface area (Å²) >= 11 is 12.1. The lowest BCUT2D eigenvalue weighted by molar-refractivity contribution is 0.104. The Morgan fingerprint density at radius 2 is 1.65 bits per heavy atom. The molecule has 0 heterocycles. The van der Waals surface area contributed by atoms with Crippen LogP contribution in [0.5, 0.6) is 5.75 Å². The number of allylic oxidation sites excluding steroid dienone is 1. The van der Waals surface area contributed by atoms with Gasteiger partial charge in [0.2, 0.25) is 0 Å². The Bertz CT molecular complexity index is 626. The van der Waals surface area contributed by atoms with Gasteiger partial charge in [-0.15, -0.1) is 0 Å². The molecule has 0 aliphatic rings. The Hall–Kier alpha value is -1.77. The van der Waals surface area contributed by atoms with Crippen LogP contribution in [-0.4, -0.2) is 12.9 Å². The zero-order valence-corrected chi connectivity index (χ0v) is 12.3. The smallest absolute Gasteiger partial charge is 0.185 e. The summed E-state index contributed by atoms with van der Waals surface area (Å²) in [7, 11) is 1.58. The Morgan fingerprint density at radius 1 is 1.05 bits per heavy atom. The van der Waals surface area contributed by atoms with Crippen LogP contribution < -0.4 is 4.74 Å². The lowest BCUT2D eigenvalue weighted by atomic mass is 10.1. The highest BCUT2D eigenvalue weighted by Gasteiger charge is 2.05. The highest BCUT2D eigenvalue weighted by atomic mass is 35.5. The van der Waals surface area contributed by atoms with E-state index in [0.717, 1.165) is 0 Å². The molecule has 2 nitrogen and oxygen atoms in total. The molecule has 0 radical (unpaired) electrons. The maximum Gasteiger partial charge on any atom is 0.185 e. The van der Waals surface area contributed by atoms with Gasteiger partial charge in [0.1, 0.15) is 5.75 Å². The maximum atomic E-state index is 12.0. The lowest BCUT2D eigenvalue weighted by Crippen LogP contribution is -1.94. The van der Waals surface area contributed by atoms with Gasteiger partial charge in [-0.1, -0.05) is 29.3 Å². The predicted molar refractivity (Wildman–Crippen MR) is 82.8 cm³/mol. The largest absolute Gasteiger partial charge is 0.497 e. The molecule has 0 atom stereocenters. The van der Waals surface area contributed by atoms with Gasteiger partial charge in [0.25, 0.3) is 0 Å². The van der Waals surface area contributed by atoms with E-state index in [0.29, 0.717) is 26.9 Å². The van der Waals surface area contributed by atoms with Gasteiger partial charge in [-0.05, 0) is 48.6 Å². The van der Waals surface area contributed by atoms with Gasteiger partial charge in [-0.3, -0.25) is 4.79 Å². The predicted octanol–water partition coefficient (Wildman–Crippen LogP) is 4.90. The minimum absolute atomic E-state index is 0.122. The molecular formula is C16H12Cl2O2. The van der Waals surface area contributed by atoms with E-state index < -0.39 is 0 Å². The van der Waals surface area contributed by atoms with E-state index in [9.17, 15) is 4.79 Å². The summed E-state index contributed by atoms with van der Waals surface area (Å²) in [5.41, 5.74) is 1.21. The fraction of sp³-hybridized carbons (Fsp3) is 0.0625. The average molecular weight is 307 g/mol. The quantitative estimate of drug-likeness (QED) is 0.593. The van der Waals surface area contributed by atoms with Crippen LogP contribution in [0.3, 0.4) is 0 Å². The number of halogens is 2. The number of rotatable bonds is 4. The maximum absolute atomic E-state index is 12.0. The number of benzene rings is 2. The fourth-order valence-corrected chi connectivity index (χ4v) is 2.20. The molecular weight excluding hydrogens is 295 g/mol. The number of hydrogen-bond acceptors (Lipinski definition) is 2. The third kappa shape index (κ3) is 3.41. The van der Waals surface area contributed by atoms with Crippen molar-refractivity contribution < 1.29 is 9.53 Å². The molecule has 0 bridgehead atoms. The molecule has 0 saturated heterocycles. The highest BCUT2D eigenvalue weighted by molar-refractivity contribution is 6.37. The molecule has 2 aromatic carbocycles. The number of ether oxygens (including phenoxy) is 1. The zero-order valence-electron chi connectivity index (χ0n) is 10.8. The van der Waals surface area contributed by atoms with Crippen molar-refractivity contribution >= 4 is 35.1 Å². The molecule has 0 unspecified atom stereocenters. The van der Waals surface area contributed by atoms with Crippen molar-refractivity contribution in [1.29, 1.82) is 0 Å². The first-order valence-electron chi connectivity index (χ1n) is 5.92. The Kier molecular flexibility index (Phi) is 4.83.